The molecule has 1 aromatic heterocycles. The van der Waals surface area contributed by atoms with Gasteiger partial charge in [0.1, 0.15) is 0 Å². The zero-order valence-electron chi connectivity index (χ0n) is 11.0. The zero-order chi connectivity index (χ0) is 13.6. The molecule has 1 amide bonds. The molecule has 0 aliphatic heterocycles. The van der Waals surface area contributed by atoms with E-state index in [1.54, 1.807) is 11.3 Å². The number of hydrogen-bond acceptors (Lipinski definition) is 3. The van der Waals surface area contributed by atoms with Crippen molar-refractivity contribution in [3.63, 3.8) is 0 Å². The van der Waals surface area contributed by atoms with E-state index in [1.165, 1.54) is 7.76 Å². The van der Waals surface area contributed by atoms with E-state index in [1.807, 2.05) is 13.8 Å². The molecule has 0 aliphatic rings. The first-order chi connectivity index (χ1) is 8.57. The molecule has 0 fully saturated rings. The van der Waals surface area contributed by atoms with Crippen molar-refractivity contribution < 1.29 is 4.79 Å². The molecule has 102 valence electrons. The van der Waals surface area contributed by atoms with Crippen molar-refractivity contribution in [1.82, 2.24) is 5.32 Å². The topological polar surface area (TPSA) is 55.1 Å². The van der Waals surface area contributed by atoms with E-state index in [0.717, 1.165) is 19.3 Å². The van der Waals surface area contributed by atoms with Crippen LogP contribution in [0.15, 0.2) is 12.1 Å². The van der Waals surface area contributed by atoms with Crippen LogP contribution in [0.1, 0.15) is 31.6 Å². The number of amides is 1. The minimum atomic E-state index is -0.385. The molecule has 0 atom stereocenters. The van der Waals surface area contributed by atoms with Crippen molar-refractivity contribution in [2.45, 2.75) is 33.1 Å². The molecular formula is C13H21IN2OS. The maximum Gasteiger partial charge on any atom is 0.227 e. The Hall–Kier alpha value is -0.140. The first-order valence-corrected chi connectivity index (χ1v) is 8.20. The van der Waals surface area contributed by atoms with Gasteiger partial charge in [0.2, 0.25) is 5.91 Å². The van der Waals surface area contributed by atoms with Gasteiger partial charge in [-0.25, -0.2) is 0 Å². The molecule has 0 saturated heterocycles. The van der Waals surface area contributed by atoms with Gasteiger partial charge in [-0.15, -0.1) is 11.3 Å². The minimum absolute atomic E-state index is 0.0984. The van der Waals surface area contributed by atoms with Crippen LogP contribution in [0.25, 0.3) is 0 Å². The summed E-state index contributed by atoms with van der Waals surface area (Å²) in [5.74, 6) is 0.0984. The molecule has 0 saturated carbocycles. The molecule has 0 spiro atoms. The van der Waals surface area contributed by atoms with Crippen LogP contribution in [0.5, 0.6) is 0 Å². The van der Waals surface area contributed by atoms with E-state index in [-0.39, 0.29) is 11.3 Å². The van der Waals surface area contributed by atoms with Crippen LogP contribution < -0.4 is 11.1 Å². The Kier molecular flexibility index (Phi) is 6.59. The van der Waals surface area contributed by atoms with Crippen molar-refractivity contribution in [2.75, 3.05) is 13.1 Å². The predicted molar refractivity (Wildman–Crippen MR) is 85.8 cm³/mol. The predicted octanol–water partition coefficient (Wildman–Crippen LogP) is 2.78. The third-order valence-electron chi connectivity index (χ3n) is 3.51. The highest BCUT2D eigenvalue weighted by Gasteiger charge is 2.32. The van der Waals surface area contributed by atoms with Gasteiger partial charge in [0.15, 0.2) is 0 Å². The van der Waals surface area contributed by atoms with Gasteiger partial charge < -0.3 is 11.1 Å². The fraction of sp³-hybridized carbons (Fsp3) is 0.615. The third-order valence-corrected chi connectivity index (χ3v) is 5.47. The quantitative estimate of drug-likeness (QED) is 0.715. The molecule has 0 aliphatic carbocycles. The van der Waals surface area contributed by atoms with E-state index >= 15 is 0 Å². The van der Waals surface area contributed by atoms with Gasteiger partial charge >= 0.3 is 0 Å². The summed E-state index contributed by atoms with van der Waals surface area (Å²) < 4.78 is 1.28. The Bertz CT molecular complexity index is 380. The molecule has 0 unspecified atom stereocenters. The van der Waals surface area contributed by atoms with Crippen LogP contribution in [0, 0.1) is 8.30 Å². The van der Waals surface area contributed by atoms with E-state index < -0.39 is 0 Å². The highest BCUT2D eigenvalue weighted by molar-refractivity contribution is 14.1. The van der Waals surface area contributed by atoms with Crippen LogP contribution >= 0.6 is 33.9 Å². The molecular weight excluding hydrogens is 359 g/mol. The number of rotatable bonds is 7. The molecule has 0 aromatic carbocycles. The van der Waals surface area contributed by atoms with Crippen molar-refractivity contribution in [2.24, 2.45) is 11.1 Å². The molecule has 0 bridgehead atoms. The van der Waals surface area contributed by atoms with Gasteiger partial charge in [0.05, 0.1) is 8.30 Å². The number of thiophene rings is 1. The van der Waals surface area contributed by atoms with Gasteiger partial charge in [0, 0.05) is 18.0 Å². The lowest BCUT2D eigenvalue weighted by Crippen LogP contribution is -2.45. The average molecular weight is 380 g/mol. The number of carbonyl (C=O) groups excluding carboxylic acids is 1. The van der Waals surface area contributed by atoms with Gasteiger partial charge in [-0.1, -0.05) is 13.8 Å². The largest absolute Gasteiger partial charge is 0.355 e. The Morgan fingerprint density at radius 2 is 2.11 bits per heavy atom. The normalized spacial score (nSPS) is 11.6. The number of nitrogens with two attached hydrogens (primary N) is 1. The second kappa shape index (κ2) is 7.45. The Labute approximate surface area is 127 Å². The van der Waals surface area contributed by atoms with Gasteiger partial charge in [-0.3, -0.25) is 4.79 Å². The molecule has 1 heterocycles. The van der Waals surface area contributed by atoms with Crippen molar-refractivity contribution in [3.05, 3.63) is 19.9 Å². The molecule has 1 rings (SSSR count). The minimum Gasteiger partial charge on any atom is -0.355 e. The van der Waals surface area contributed by atoms with Crippen LogP contribution in [0.2, 0.25) is 0 Å². The molecule has 3 N–H and O–H groups in total. The summed E-state index contributed by atoms with van der Waals surface area (Å²) in [4.78, 5) is 13.5. The number of halogens is 1. The average Bonchev–Trinajstić information content (AvgIpc) is 2.78. The summed E-state index contributed by atoms with van der Waals surface area (Å²) in [5.41, 5.74) is 5.37. The zero-order valence-corrected chi connectivity index (χ0v) is 13.9. The number of nitrogens with one attached hydrogen (secondary N) is 1. The first-order valence-electron chi connectivity index (χ1n) is 6.30. The van der Waals surface area contributed by atoms with Crippen LogP contribution in [0.3, 0.4) is 0 Å². The van der Waals surface area contributed by atoms with E-state index in [0.29, 0.717) is 13.1 Å². The van der Waals surface area contributed by atoms with Crippen LogP contribution in [0.4, 0.5) is 0 Å². The van der Waals surface area contributed by atoms with Gasteiger partial charge in [-0.05, 0) is 54.0 Å². The Morgan fingerprint density at radius 1 is 1.44 bits per heavy atom. The Morgan fingerprint density at radius 3 is 2.56 bits per heavy atom. The van der Waals surface area contributed by atoms with Gasteiger partial charge in [0.25, 0.3) is 0 Å². The summed E-state index contributed by atoms with van der Waals surface area (Å²) in [6, 6.07) is 4.22. The highest BCUT2D eigenvalue weighted by atomic mass is 127. The summed E-state index contributed by atoms with van der Waals surface area (Å²) in [5, 5.41) is 3.02. The molecule has 1 aromatic rings. The van der Waals surface area contributed by atoms with E-state index in [2.05, 4.69) is 40.0 Å². The maximum absolute atomic E-state index is 12.2. The maximum atomic E-state index is 12.2. The number of hydrogen-bond donors (Lipinski definition) is 2. The second-order valence-electron chi connectivity index (χ2n) is 4.40. The van der Waals surface area contributed by atoms with Crippen molar-refractivity contribution >= 4 is 39.8 Å². The lowest BCUT2D eigenvalue weighted by Gasteiger charge is -2.28. The third kappa shape index (κ3) is 3.93. The smallest absolute Gasteiger partial charge is 0.227 e. The molecule has 5 heteroatoms. The molecule has 18 heavy (non-hydrogen) atoms. The summed E-state index contributed by atoms with van der Waals surface area (Å²) in [6.45, 7) is 5.16. The fourth-order valence-electron chi connectivity index (χ4n) is 1.93. The van der Waals surface area contributed by atoms with Gasteiger partial charge in [-0.2, -0.15) is 0 Å². The van der Waals surface area contributed by atoms with E-state index in [9.17, 15) is 4.79 Å². The first kappa shape index (κ1) is 15.9. The summed E-state index contributed by atoms with van der Waals surface area (Å²) in [6.07, 6.45) is 2.49. The summed E-state index contributed by atoms with van der Waals surface area (Å²) in [7, 11) is 0. The van der Waals surface area contributed by atoms with Crippen LogP contribution in [-0.4, -0.2) is 19.0 Å². The van der Waals surface area contributed by atoms with Crippen molar-refractivity contribution in [3.8, 4) is 0 Å². The van der Waals surface area contributed by atoms with Crippen LogP contribution in [-0.2, 0) is 11.2 Å². The standard InChI is InChI=1S/C13H21IN2OS/c1-3-13(4-2,9-15)12(17)16-8-7-10-5-6-11(14)18-10/h5-6H,3-4,7-9,15H2,1-2H3,(H,16,17). The fourth-order valence-corrected chi connectivity index (χ4v) is 3.68. The summed E-state index contributed by atoms with van der Waals surface area (Å²) >= 11 is 4.09. The molecule has 3 nitrogen and oxygen atoms in total. The van der Waals surface area contributed by atoms with Crippen molar-refractivity contribution in [1.29, 1.82) is 0 Å². The lowest BCUT2D eigenvalue weighted by molar-refractivity contribution is -0.130. The SMILES string of the molecule is CCC(CC)(CN)C(=O)NCCc1ccc(I)s1. The second-order valence-corrected chi connectivity index (χ2v) is 7.47. The lowest BCUT2D eigenvalue weighted by atomic mass is 9.81. The monoisotopic (exact) mass is 380 g/mol. The Balaban J connectivity index is 2.45. The number of carbonyl (C=O) groups is 1. The molecule has 0 radical (unpaired) electrons. The van der Waals surface area contributed by atoms with E-state index in [4.69, 9.17) is 5.73 Å². The highest BCUT2D eigenvalue weighted by Crippen LogP contribution is 2.25.